The second kappa shape index (κ2) is 9.16. The molecular formula is C22H28F3NO3SSi. The molecule has 1 heterocycles. The van der Waals surface area contributed by atoms with Crippen LogP contribution in [0.4, 0.5) is 13.2 Å². The molecule has 170 valence electrons. The number of halogens is 3. The van der Waals surface area contributed by atoms with Gasteiger partial charge in [0, 0.05) is 13.0 Å². The van der Waals surface area contributed by atoms with Crippen molar-refractivity contribution in [3.63, 3.8) is 0 Å². The zero-order chi connectivity index (χ0) is 23.6. The van der Waals surface area contributed by atoms with Crippen LogP contribution >= 0.6 is 11.3 Å². The molecule has 0 aliphatic carbocycles. The number of ketones is 1. The topological polar surface area (TPSA) is 55.4 Å². The van der Waals surface area contributed by atoms with Gasteiger partial charge in [-0.3, -0.25) is 9.59 Å². The van der Waals surface area contributed by atoms with Crippen molar-refractivity contribution in [2.45, 2.75) is 65.0 Å². The molecule has 0 radical (unpaired) electrons. The first kappa shape index (κ1) is 25.1. The van der Waals surface area contributed by atoms with Gasteiger partial charge in [0.2, 0.25) is 8.32 Å². The fourth-order valence-corrected chi connectivity index (χ4v) is 4.64. The molecule has 0 saturated carbocycles. The molecule has 31 heavy (non-hydrogen) atoms. The average molecular weight is 472 g/mol. The highest BCUT2D eigenvalue weighted by Crippen LogP contribution is 2.38. The maximum atomic E-state index is 13.2. The number of rotatable bonds is 7. The lowest BCUT2D eigenvalue weighted by molar-refractivity contribution is -0.137. The quantitative estimate of drug-likeness (QED) is 0.362. The molecule has 0 aliphatic rings. The van der Waals surface area contributed by atoms with Gasteiger partial charge in [0.1, 0.15) is 5.75 Å². The highest BCUT2D eigenvalue weighted by atomic mass is 32.1. The van der Waals surface area contributed by atoms with Crippen molar-refractivity contribution in [2.24, 2.45) is 0 Å². The molecule has 9 heteroatoms. The Morgan fingerprint density at radius 2 is 1.77 bits per heavy atom. The van der Waals surface area contributed by atoms with Crippen molar-refractivity contribution in [3.05, 3.63) is 51.2 Å². The SMILES string of the molecule is CCC(=O)c1sc(C(=O)NCc2cccc(O[Si](C)(C)C(C)(C)C)c2)cc1C(F)(F)F. The normalized spacial score (nSPS) is 12.5. The lowest BCUT2D eigenvalue weighted by Gasteiger charge is -2.36. The molecular weight excluding hydrogens is 443 g/mol. The van der Waals surface area contributed by atoms with Crippen molar-refractivity contribution < 1.29 is 27.2 Å². The summed E-state index contributed by atoms with van der Waals surface area (Å²) in [4.78, 5) is 23.8. The van der Waals surface area contributed by atoms with Gasteiger partial charge in [0.15, 0.2) is 5.78 Å². The summed E-state index contributed by atoms with van der Waals surface area (Å²) in [6.07, 6.45) is -4.75. The highest BCUT2D eigenvalue weighted by Gasteiger charge is 2.39. The number of thiophene rings is 1. The van der Waals surface area contributed by atoms with Crippen molar-refractivity contribution in [3.8, 4) is 5.75 Å². The van der Waals surface area contributed by atoms with E-state index in [1.54, 1.807) is 6.07 Å². The molecule has 0 saturated heterocycles. The highest BCUT2D eigenvalue weighted by molar-refractivity contribution is 7.16. The summed E-state index contributed by atoms with van der Waals surface area (Å²) in [6.45, 7) is 12.3. The van der Waals surface area contributed by atoms with Crippen LogP contribution in [0.2, 0.25) is 18.1 Å². The lowest BCUT2D eigenvalue weighted by atomic mass is 10.1. The number of amides is 1. The summed E-state index contributed by atoms with van der Waals surface area (Å²) in [6, 6.07) is 8.04. The van der Waals surface area contributed by atoms with Crippen molar-refractivity contribution >= 4 is 31.3 Å². The van der Waals surface area contributed by atoms with Crippen LogP contribution in [0.25, 0.3) is 0 Å². The van der Waals surface area contributed by atoms with Gasteiger partial charge in [-0.2, -0.15) is 13.2 Å². The molecule has 1 amide bonds. The van der Waals surface area contributed by atoms with E-state index in [2.05, 4.69) is 39.2 Å². The van der Waals surface area contributed by atoms with E-state index < -0.39 is 36.6 Å². The van der Waals surface area contributed by atoms with Gasteiger partial charge in [-0.15, -0.1) is 11.3 Å². The van der Waals surface area contributed by atoms with Gasteiger partial charge < -0.3 is 9.74 Å². The number of hydrogen-bond acceptors (Lipinski definition) is 4. The van der Waals surface area contributed by atoms with E-state index in [0.717, 1.165) is 11.6 Å². The van der Waals surface area contributed by atoms with Crippen molar-refractivity contribution in [1.82, 2.24) is 5.32 Å². The Morgan fingerprint density at radius 1 is 1.13 bits per heavy atom. The van der Waals surface area contributed by atoms with E-state index in [0.29, 0.717) is 17.1 Å². The molecule has 0 unspecified atom stereocenters. The molecule has 2 aromatic rings. The number of hydrogen-bond donors (Lipinski definition) is 1. The number of Topliss-reactive ketones (excluding diaryl/α,β-unsaturated/α-hetero) is 1. The first-order chi connectivity index (χ1) is 14.2. The van der Waals surface area contributed by atoms with E-state index in [9.17, 15) is 22.8 Å². The van der Waals surface area contributed by atoms with Crippen molar-refractivity contribution in [2.75, 3.05) is 0 Å². The van der Waals surface area contributed by atoms with Crippen LogP contribution in [0.15, 0.2) is 30.3 Å². The summed E-state index contributed by atoms with van der Waals surface area (Å²) in [5.41, 5.74) is -0.290. The Hall–Kier alpha value is -2.13. The van der Waals surface area contributed by atoms with Crippen LogP contribution < -0.4 is 9.74 Å². The summed E-state index contributed by atoms with van der Waals surface area (Å²) in [5.74, 6) is -0.585. The molecule has 2 rings (SSSR count). The number of nitrogens with one attached hydrogen (secondary N) is 1. The third kappa shape index (κ3) is 6.19. The fourth-order valence-electron chi connectivity index (χ4n) is 2.52. The first-order valence-corrected chi connectivity index (χ1v) is 13.7. The van der Waals surface area contributed by atoms with E-state index in [4.69, 9.17) is 4.43 Å². The fraction of sp³-hybridized carbons (Fsp3) is 0.455. The minimum atomic E-state index is -4.69. The lowest BCUT2D eigenvalue weighted by Crippen LogP contribution is -2.43. The van der Waals surface area contributed by atoms with Gasteiger partial charge in [-0.25, -0.2) is 0 Å². The summed E-state index contributed by atoms with van der Waals surface area (Å²) in [5, 5.41) is 2.66. The van der Waals surface area contributed by atoms with Crippen LogP contribution in [0.5, 0.6) is 5.75 Å². The molecule has 0 spiro atoms. The molecule has 1 N–H and O–H groups in total. The van der Waals surface area contributed by atoms with Crippen LogP contribution in [-0.2, 0) is 12.7 Å². The Labute approximate surface area is 185 Å². The minimum absolute atomic E-state index is 0.0280. The maximum Gasteiger partial charge on any atom is 0.417 e. The van der Waals surface area contributed by atoms with Gasteiger partial charge in [-0.1, -0.05) is 39.8 Å². The standard InChI is InChI=1S/C22H28F3NO3SSi/c1-7-17(27)19-16(22(23,24)25)12-18(30-19)20(28)26-13-14-9-8-10-15(11-14)29-31(5,6)21(2,3)4/h8-12H,7,13H2,1-6H3,(H,26,28). The van der Waals surface area contributed by atoms with Crippen LogP contribution in [0.1, 0.15) is 64.6 Å². The largest absolute Gasteiger partial charge is 0.543 e. The molecule has 4 nitrogen and oxygen atoms in total. The molecule has 0 aliphatic heterocycles. The van der Waals surface area contributed by atoms with Crippen LogP contribution in [-0.4, -0.2) is 20.0 Å². The van der Waals surface area contributed by atoms with E-state index in [1.807, 2.05) is 18.2 Å². The Morgan fingerprint density at radius 3 is 2.32 bits per heavy atom. The zero-order valence-corrected chi connectivity index (χ0v) is 20.4. The molecule has 1 aromatic carbocycles. The molecule has 0 atom stereocenters. The number of carbonyl (C=O) groups excluding carboxylic acids is 2. The molecule has 0 fully saturated rings. The summed E-state index contributed by atoms with van der Waals surface area (Å²) >= 11 is 0.575. The second-order valence-electron chi connectivity index (χ2n) is 8.82. The minimum Gasteiger partial charge on any atom is -0.543 e. The van der Waals surface area contributed by atoms with Gasteiger partial charge in [0.25, 0.3) is 5.91 Å². The third-order valence-electron chi connectivity index (χ3n) is 5.37. The van der Waals surface area contributed by atoms with Crippen LogP contribution in [0, 0.1) is 0 Å². The number of carbonyl (C=O) groups is 2. The molecule has 1 aromatic heterocycles. The second-order valence-corrected chi connectivity index (χ2v) is 14.6. The van der Waals surface area contributed by atoms with E-state index in [-0.39, 0.29) is 22.9 Å². The van der Waals surface area contributed by atoms with Gasteiger partial charge in [0.05, 0.1) is 15.3 Å². The average Bonchev–Trinajstić information content (AvgIpc) is 3.10. The third-order valence-corrected chi connectivity index (χ3v) is 10.9. The predicted octanol–water partition coefficient (Wildman–Crippen LogP) is 6.67. The molecule has 0 bridgehead atoms. The van der Waals surface area contributed by atoms with Gasteiger partial charge in [-0.05, 0) is 41.9 Å². The smallest absolute Gasteiger partial charge is 0.417 e. The zero-order valence-electron chi connectivity index (χ0n) is 18.6. The first-order valence-electron chi connectivity index (χ1n) is 9.96. The predicted molar refractivity (Wildman–Crippen MR) is 119 cm³/mol. The van der Waals surface area contributed by atoms with E-state index >= 15 is 0 Å². The Bertz CT molecular complexity index is 962. The van der Waals surface area contributed by atoms with Crippen molar-refractivity contribution in [1.29, 1.82) is 0 Å². The van der Waals surface area contributed by atoms with Gasteiger partial charge >= 0.3 is 6.18 Å². The number of benzene rings is 1. The maximum absolute atomic E-state index is 13.2. The Kier molecular flexibility index (Phi) is 7.42. The monoisotopic (exact) mass is 471 g/mol. The van der Waals surface area contributed by atoms with Crippen LogP contribution in [0.3, 0.4) is 0 Å². The summed E-state index contributed by atoms with van der Waals surface area (Å²) < 4.78 is 46.0. The van der Waals surface area contributed by atoms with E-state index in [1.165, 1.54) is 6.92 Å². The number of alkyl halides is 3. The Balaban J connectivity index is 2.15. The summed E-state index contributed by atoms with van der Waals surface area (Å²) in [7, 11) is -2.03.